The highest BCUT2D eigenvalue weighted by Gasteiger charge is 2.25. The van der Waals surface area contributed by atoms with Crippen molar-refractivity contribution in [3.63, 3.8) is 0 Å². The third kappa shape index (κ3) is 2.88. The summed E-state index contributed by atoms with van der Waals surface area (Å²) in [6, 6.07) is 3.39. The fourth-order valence-corrected chi connectivity index (χ4v) is 2.41. The number of ketones is 1. The van der Waals surface area contributed by atoms with Crippen LogP contribution in [0, 0.1) is 5.92 Å². The third-order valence-corrected chi connectivity index (χ3v) is 3.48. The Morgan fingerprint density at radius 3 is 2.25 bits per heavy atom. The zero-order valence-corrected chi connectivity index (χ0v) is 12.1. The molecule has 1 atom stereocenters. The molecule has 0 radical (unpaired) electrons. The van der Waals surface area contributed by atoms with Crippen LogP contribution in [0.3, 0.4) is 0 Å². The fourth-order valence-electron chi connectivity index (χ4n) is 2.41. The van der Waals surface area contributed by atoms with Gasteiger partial charge in [-0.25, -0.2) is 0 Å². The lowest BCUT2D eigenvalue weighted by Gasteiger charge is -2.21. The Morgan fingerprint density at radius 1 is 1.15 bits per heavy atom. The van der Waals surface area contributed by atoms with E-state index >= 15 is 0 Å². The number of benzene rings is 1. The van der Waals surface area contributed by atoms with Crippen molar-refractivity contribution in [3.05, 3.63) is 17.7 Å². The van der Waals surface area contributed by atoms with Crippen LogP contribution in [0.1, 0.15) is 23.2 Å². The molecule has 0 aliphatic carbocycles. The largest absolute Gasteiger partial charge is 0.493 e. The molecule has 1 aromatic carbocycles. The monoisotopic (exact) mass is 280 g/mol. The molecule has 2 rings (SSSR count). The SMILES string of the molecule is COc1cc(C(=O)C2CCCOC2)cc(OC)c1OC. The molecular formula is C15H20O5. The minimum Gasteiger partial charge on any atom is -0.493 e. The lowest BCUT2D eigenvalue weighted by atomic mass is 9.92. The van der Waals surface area contributed by atoms with Gasteiger partial charge in [0.1, 0.15) is 0 Å². The van der Waals surface area contributed by atoms with Gasteiger partial charge in [-0.15, -0.1) is 0 Å². The number of carbonyl (C=O) groups excluding carboxylic acids is 1. The van der Waals surface area contributed by atoms with E-state index in [0.717, 1.165) is 19.4 Å². The van der Waals surface area contributed by atoms with Gasteiger partial charge in [-0.2, -0.15) is 0 Å². The molecule has 0 aromatic heterocycles. The standard InChI is InChI=1S/C15H20O5/c1-17-12-7-11(8-13(18-2)15(12)19-3)14(16)10-5-4-6-20-9-10/h7-8,10H,4-6,9H2,1-3H3. The van der Waals surface area contributed by atoms with Gasteiger partial charge in [0.05, 0.1) is 27.9 Å². The van der Waals surface area contributed by atoms with Crippen molar-refractivity contribution >= 4 is 5.78 Å². The highest BCUT2D eigenvalue weighted by atomic mass is 16.5. The summed E-state index contributed by atoms with van der Waals surface area (Å²) in [4.78, 5) is 12.5. The fraction of sp³-hybridized carbons (Fsp3) is 0.533. The highest BCUT2D eigenvalue weighted by Crippen LogP contribution is 2.39. The lowest BCUT2D eigenvalue weighted by molar-refractivity contribution is 0.0461. The minimum atomic E-state index is -0.0912. The number of hydrogen-bond donors (Lipinski definition) is 0. The summed E-state index contributed by atoms with van der Waals surface area (Å²) in [5.74, 6) is 1.45. The van der Waals surface area contributed by atoms with Crippen LogP contribution >= 0.6 is 0 Å². The Balaban J connectivity index is 2.33. The van der Waals surface area contributed by atoms with Gasteiger partial charge in [-0.05, 0) is 25.0 Å². The smallest absolute Gasteiger partial charge is 0.203 e. The van der Waals surface area contributed by atoms with Gasteiger partial charge in [-0.3, -0.25) is 4.79 Å². The second-order valence-corrected chi connectivity index (χ2v) is 4.69. The molecule has 1 aliphatic heterocycles. The van der Waals surface area contributed by atoms with Gasteiger partial charge < -0.3 is 18.9 Å². The molecule has 1 heterocycles. The number of Topliss-reactive ketones (excluding diaryl/α,β-unsaturated/α-hetero) is 1. The van der Waals surface area contributed by atoms with Gasteiger partial charge >= 0.3 is 0 Å². The quantitative estimate of drug-likeness (QED) is 0.775. The maximum atomic E-state index is 12.5. The molecule has 0 spiro atoms. The first-order valence-electron chi connectivity index (χ1n) is 6.63. The number of rotatable bonds is 5. The van der Waals surface area contributed by atoms with Gasteiger partial charge in [0.2, 0.25) is 5.75 Å². The van der Waals surface area contributed by atoms with Crippen LogP contribution in [0.25, 0.3) is 0 Å². The third-order valence-electron chi connectivity index (χ3n) is 3.48. The van der Waals surface area contributed by atoms with E-state index in [4.69, 9.17) is 18.9 Å². The van der Waals surface area contributed by atoms with E-state index in [1.54, 1.807) is 12.1 Å². The maximum absolute atomic E-state index is 12.5. The molecule has 0 N–H and O–H groups in total. The van der Waals surface area contributed by atoms with E-state index < -0.39 is 0 Å². The average Bonchev–Trinajstić information content (AvgIpc) is 2.53. The van der Waals surface area contributed by atoms with Crippen molar-refractivity contribution in [2.24, 2.45) is 5.92 Å². The molecule has 0 amide bonds. The number of hydrogen-bond acceptors (Lipinski definition) is 5. The molecule has 0 bridgehead atoms. The Labute approximate surface area is 118 Å². The minimum absolute atomic E-state index is 0.0592. The predicted molar refractivity (Wildman–Crippen MR) is 74.0 cm³/mol. The first-order chi connectivity index (χ1) is 9.71. The summed E-state index contributed by atoms with van der Waals surface area (Å²) in [6.07, 6.45) is 1.77. The second-order valence-electron chi connectivity index (χ2n) is 4.69. The lowest BCUT2D eigenvalue weighted by Crippen LogP contribution is -2.25. The van der Waals surface area contributed by atoms with Gasteiger partial charge in [0.25, 0.3) is 0 Å². The highest BCUT2D eigenvalue weighted by molar-refractivity contribution is 5.99. The van der Waals surface area contributed by atoms with E-state index in [1.165, 1.54) is 21.3 Å². The summed E-state index contributed by atoms with van der Waals surface area (Å²) < 4.78 is 21.2. The Morgan fingerprint density at radius 2 is 1.80 bits per heavy atom. The molecule has 1 unspecified atom stereocenters. The summed E-state index contributed by atoms with van der Waals surface area (Å²) in [6.45, 7) is 1.22. The van der Waals surface area contributed by atoms with Crippen LogP contribution < -0.4 is 14.2 Å². The van der Waals surface area contributed by atoms with Crippen LogP contribution in [0.5, 0.6) is 17.2 Å². The van der Waals surface area contributed by atoms with Crippen molar-refractivity contribution in [2.75, 3.05) is 34.5 Å². The number of carbonyl (C=O) groups is 1. The van der Waals surface area contributed by atoms with Gasteiger partial charge in [0.15, 0.2) is 17.3 Å². The Bertz CT molecular complexity index is 452. The van der Waals surface area contributed by atoms with Gasteiger partial charge in [0, 0.05) is 18.1 Å². The van der Waals surface area contributed by atoms with E-state index in [-0.39, 0.29) is 11.7 Å². The van der Waals surface area contributed by atoms with Gasteiger partial charge in [-0.1, -0.05) is 0 Å². The molecule has 1 saturated heterocycles. The maximum Gasteiger partial charge on any atom is 0.203 e. The normalized spacial score (nSPS) is 18.4. The van der Waals surface area contributed by atoms with Crippen molar-refractivity contribution in [2.45, 2.75) is 12.8 Å². The van der Waals surface area contributed by atoms with Crippen LogP contribution in [-0.2, 0) is 4.74 Å². The molecule has 110 valence electrons. The first kappa shape index (κ1) is 14.7. The molecule has 5 nitrogen and oxygen atoms in total. The van der Waals surface area contributed by atoms with Crippen LogP contribution in [-0.4, -0.2) is 40.3 Å². The van der Waals surface area contributed by atoms with E-state index in [0.29, 0.717) is 29.4 Å². The van der Waals surface area contributed by atoms with Crippen LogP contribution in [0.15, 0.2) is 12.1 Å². The molecule has 0 saturated carbocycles. The predicted octanol–water partition coefficient (Wildman–Crippen LogP) is 2.32. The average molecular weight is 280 g/mol. The molecule has 1 aromatic rings. The number of methoxy groups -OCH3 is 3. The summed E-state index contributed by atoms with van der Waals surface area (Å²) in [7, 11) is 4.61. The second kappa shape index (κ2) is 6.61. The zero-order chi connectivity index (χ0) is 14.5. The summed E-state index contributed by atoms with van der Waals surface area (Å²) >= 11 is 0. The van der Waals surface area contributed by atoms with Crippen LogP contribution in [0.4, 0.5) is 0 Å². The van der Waals surface area contributed by atoms with E-state index in [9.17, 15) is 4.79 Å². The summed E-state index contributed by atoms with van der Waals surface area (Å²) in [5, 5.41) is 0. The van der Waals surface area contributed by atoms with Crippen molar-refractivity contribution in [3.8, 4) is 17.2 Å². The van der Waals surface area contributed by atoms with Crippen LogP contribution in [0.2, 0.25) is 0 Å². The molecule has 20 heavy (non-hydrogen) atoms. The van der Waals surface area contributed by atoms with Crippen molar-refractivity contribution < 1.29 is 23.7 Å². The Hall–Kier alpha value is -1.75. The zero-order valence-electron chi connectivity index (χ0n) is 12.1. The molecule has 1 aliphatic rings. The molecule has 1 fully saturated rings. The van der Waals surface area contributed by atoms with Crippen molar-refractivity contribution in [1.82, 2.24) is 0 Å². The number of ether oxygens (including phenoxy) is 4. The Kier molecular flexibility index (Phi) is 4.84. The topological polar surface area (TPSA) is 54.0 Å². The first-order valence-corrected chi connectivity index (χ1v) is 6.63. The van der Waals surface area contributed by atoms with E-state index in [1.807, 2.05) is 0 Å². The van der Waals surface area contributed by atoms with E-state index in [2.05, 4.69) is 0 Å². The summed E-state index contributed by atoms with van der Waals surface area (Å²) in [5.41, 5.74) is 0.565. The molecule has 5 heteroatoms. The van der Waals surface area contributed by atoms with Crippen molar-refractivity contribution in [1.29, 1.82) is 0 Å². The molecular weight excluding hydrogens is 260 g/mol.